The fourth-order valence-corrected chi connectivity index (χ4v) is 0. The maximum atomic E-state index is 4.62. The van der Waals surface area contributed by atoms with E-state index < -0.39 is 0 Å². The van der Waals surface area contributed by atoms with Crippen molar-refractivity contribution in [1.82, 2.24) is 0 Å². The number of hydrogen-bond acceptors (Lipinski definition) is 1. The van der Waals surface area contributed by atoms with E-state index in [0.717, 1.165) is 0 Å². The normalized spacial score (nSPS) is 6.00. The van der Waals surface area contributed by atoms with Crippen LogP contribution in [0, 0.1) is 0 Å². The molecule has 0 saturated heterocycles. The Morgan fingerprint density at radius 2 is 1.75 bits per heavy atom. The number of thiocarbonyl (C=S) groups is 1. The molecule has 0 aromatic heterocycles. The van der Waals surface area contributed by atoms with Crippen molar-refractivity contribution in [1.29, 1.82) is 0 Å². The van der Waals surface area contributed by atoms with E-state index in [2.05, 4.69) is 23.7 Å². The zero-order valence-corrected chi connectivity index (χ0v) is 2.88. The van der Waals surface area contributed by atoms with Crippen LogP contribution in [0.25, 0.3) is 0 Å². The lowest BCUT2D eigenvalue weighted by Gasteiger charge is -1.68. The molecule has 26 valence electrons. The zero-order valence-electron chi connectivity index (χ0n) is 2.06. The van der Waals surface area contributed by atoms with Crippen molar-refractivity contribution >= 4 is 17.3 Å². The molecule has 0 spiro atoms. The Morgan fingerprint density at radius 1 is 1.75 bits per heavy atom. The average Bonchev–Trinajstić information content (AvgIpc) is 0.811. The average molecular weight is 78.1 g/mol. The molecule has 0 fully saturated rings. The van der Waals surface area contributed by atoms with E-state index in [1.165, 1.54) is 0 Å². The van der Waals surface area contributed by atoms with Gasteiger partial charge in [-0.2, -0.15) is 0 Å². The van der Waals surface area contributed by atoms with Crippen LogP contribution in [0.4, 0.5) is 0 Å². The predicted molar refractivity (Wildman–Crippen MR) is 23.1 cm³/mol. The molecule has 4 N–H and O–H groups in total. The monoisotopic (exact) mass is 78.0 g/mol. The van der Waals surface area contributed by atoms with Crippen LogP contribution in [-0.2, 0) is 0 Å². The Hall–Kier alpha value is -0.310. The number of nitrogens with two attached hydrogens (primary N) is 2. The number of hydrogen-bond donors (Lipinski definition) is 2. The summed E-state index contributed by atoms with van der Waals surface area (Å²) in [5, 5.41) is 0.000000000000000222. The molecule has 0 atom stereocenters. The SMILES string of the molecule is NC(N)=S.[HH]. The summed E-state index contributed by atoms with van der Waals surface area (Å²) in [6.45, 7) is 0. The topological polar surface area (TPSA) is 52.0 Å². The van der Waals surface area contributed by atoms with E-state index in [0.29, 0.717) is 0 Å². The maximum Gasteiger partial charge on any atom is 0.160 e. The lowest BCUT2D eigenvalue weighted by Crippen LogP contribution is -2.18. The molecule has 4 heavy (non-hydrogen) atoms. The van der Waals surface area contributed by atoms with Gasteiger partial charge in [0.25, 0.3) is 0 Å². The van der Waals surface area contributed by atoms with Crippen molar-refractivity contribution in [3.63, 3.8) is 0 Å². The van der Waals surface area contributed by atoms with Crippen molar-refractivity contribution in [2.75, 3.05) is 0 Å². The van der Waals surface area contributed by atoms with Crippen molar-refractivity contribution in [3.8, 4) is 0 Å². The third-order valence-corrected chi connectivity index (χ3v) is 0. The van der Waals surface area contributed by atoms with Gasteiger partial charge in [0.2, 0.25) is 0 Å². The van der Waals surface area contributed by atoms with Crippen LogP contribution in [0.15, 0.2) is 0 Å². The highest BCUT2D eigenvalue weighted by molar-refractivity contribution is 7.80. The summed E-state index contributed by atoms with van der Waals surface area (Å²) >= 11 is 4.09. The molecule has 0 aliphatic carbocycles. The first-order valence-corrected chi connectivity index (χ1v) is 1.19. The molecule has 0 heterocycles. The first-order chi connectivity index (χ1) is 1.73. The maximum absolute atomic E-state index is 4.62. The van der Waals surface area contributed by atoms with Gasteiger partial charge >= 0.3 is 0 Å². The molecule has 0 bridgehead atoms. The van der Waals surface area contributed by atoms with Gasteiger partial charge < -0.3 is 11.5 Å². The Labute approximate surface area is 31.3 Å². The first kappa shape index (κ1) is 3.69. The molecule has 0 saturated carbocycles. The lowest BCUT2D eigenvalue weighted by molar-refractivity contribution is 1.65. The highest BCUT2D eigenvalue weighted by Crippen LogP contribution is 1.32. The summed E-state index contributed by atoms with van der Waals surface area (Å²) in [6, 6.07) is 0. The second-order valence-corrected chi connectivity index (χ2v) is 0.874. The minimum absolute atomic E-state index is 0. The summed E-state index contributed by atoms with van der Waals surface area (Å²) in [4.78, 5) is 0. The van der Waals surface area contributed by atoms with Crippen LogP contribution in [-0.4, -0.2) is 5.11 Å². The third-order valence-electron chi connectivity index (χ3n) is 0. The van der Waals surface area contributed by atoms with E-state index in [4.69, 9.17) is 0 Å². The molecule has 0 aliphatic heterocycles. The Morgan fingerprint density at radius 3 is 1.75 bits per heavy atom. The Kier molecular flexibility index (Phi) is 0.979. The van der Waals surface area contributed by atoms with Crippen LogP contribution >= 0.6 is 12.2 Å². The highest BCUT2D eigenvalue weighted by atomic mass is 32.1. The first-order valence-electron chi connectivity index (χ1n) is 0.781. The lowest BCUT2D eigenvalue weighted by atomic mass is 11.3. The van der Waals surface area contributed by atoms with Gasteiger partial charge in [-0.05, 0) is 12.2 Å². The van der Waals surface area contributed by atoms with Crippen molar-refractivity contribution in [2.24, 2.45) is 11.5 Å². The van der Waals surface area contributed by atoms with Gasteiger partial charge in [-0.15, -0.1) is 0 Å². The fraction of sp³-hybridized carbons (Fsp3) is 0. The highest BCUT2D eigenvalue weighted by Gasteiger charge is 1.53. The minimum Gasteiger partial charge on any atom is -0.377 e. The van der Waals surface area contributed by atoms with Gasteiger partial charge in [-0.3, -0.25) is 0 Å². The summed E-state index contributed by atoms with van der Waals surface area (Å²) < 4.78 is 0. The largest absolute Gasteiger partial charge is 0.377 e. The summed E-state index contributed by atoms with van der Waals surface area (Å²) in [5.41, 5.74) is 9.24. The quantitative estimate of drug-likeness (QED) is 0.382. The molecule has 0 rings (SSSR count). The molecular weight excluding hydrogens is 72.1 g/mol. The second kappa shape index (κ2) is 1.06. The van der Waals surface area contributed by atoms with Crippen LogP contribution in [0.2, 0.25) is 0 Å². The number of rotatable bonds is 0. The molecule has 0 radical (unpaired) electrons. The van der Waals surface area contributed by atoms with E-state index in [-0.39, 0.29) is 6.54 Å². The smallest absolute Gasteiger partial charge is 0.160 e. The van der Waals surface area contributed by atoms with Crippen LogP contribution in [0.5, 0.6) is 0 Å². The van der Waals surface area contributed by atoms with Gasteiger partial charge in [-0.25, -0.2) is 0 Å². The second-order valence-electron chi connectivity index (χ2n) is 0.402. The standard InChI is InChI=1S/CH4N2S.H2/c2-1(3)4;/h(H4,2,3,4);1H. The van der Waals surface area contributed by atoms with Gasteiger partial charge in [0.05, 0.1) is 0 Å². The van der Waals surface area contributed by atoms with Crippen molar-refractivity contribution in [2.45, 2.75) is 0 Å². The van der Waals surface area contributed by atoms with E-state index in [1.54, 1.807) is 0 Å². The van der Waals surface area contributed by atoms with Crippen molar-refractivity contribution in [3.05, 3.63) is 0 Å². The molecule has 2 nitrogen and oxygen atoms in total. The molecule has 0 unspecified atom stereocenters. The van der Waals surface area contributed by atoms with Crippen LogP contribution in [0.1, 0.15) is 1.43 Å². The Balaban J connectivity index is 0. The zero-order chi connectivity index (χ0) is 3.58. The molecule has 0 aromatic rings. The van der Waals surface area contributed by atoms with Gasteiger partial charge in [-0.1, -0.05) is 0 Å². The van der Waals surface area contributed by atoms with Gasteiger partial charge in [0, 0.05) is 1.43 Å². The van der Waals surface area contributed by atoms with Crippen molar-refractivity contribution < 1.29 is 1.43 Å². The molecule has 0 aliphatic rings. The van der Waals surface area contributed by atoms with E-state index >= 15 is 0 Å². The fourth-order valence-electron chi connectivity index (χ4n) is 0. The van der Waals surface area contributed by atoms with E-state index in [9.17, 15) is 0 Å². The summed E-state index contributed by atoms with van der Waals surface area (Å²) in [7, 11) is 0. The van der Waals surface area contributed by atoms with Gasteiger partial charge in [0.1, 0.15) is 0 Å². The molecular formula is CH6N2S. The molecule has 0 aromatic carbocycles. The summed E-state index contributed by atoms with van der Waals surface area (Å²) in [5.74, 6) is 0. The summed E-state index contributed by atoms with van der Waals surface area (Å²) in [6.07, 6.45) is 0. The Bertz CT molecular complexity index is 32.6. The van der Waals surface area contributed by atoms with E-state index in [1.807, 2.05) is 0 Å². The van der Waals surface area contributed by atoms with Crippen LogP contribution in [0.3, 0.4) is 0 Å². The minimum atomic E-state index is 0. The predicted octanol–water partition coefficient (Wildman–Crippen LogP) is -0.565. The van der Waals surface area contributed by atoms with Crippen LogP contribution < -0.4 is 11.5 Å². The molecule has 0 amide bonds. The molecule has 3 heteroatoms. The third kappa shape index (κ3) is 8.37. The van der Waals surface area contributed by atoms with Gasteiger partial charge in [0.15, 0.2) is 5.11 Å².